The van der Waals surface area contributed by atoms with Crippen LogP contribution in [0.15, 0.2) is 0 Å². The Kier molecular flexibility index (Phi) is 6.55. The maximum absolute atomic E-state index is 10.9. The van der Waals surface area contributed by atoms with Gasteiger partial charge in [-0.3, -0.25) is 9.80 Å². The molecule has 0 amide bonds. The predicted molar refractivity (Wildman–Crippen MR) is 75.7 cm³/mol. The summed E-state index contributed by atoms with van der Waals surface area (Å²) < 4.78 is 21.9. The summed E-state index contributed by atoms with van der Waals surface area (Å²) in [6, 6.07) is 0.639. The van der Waals surface area contributed by atoms with Gasteiger partial charge in [0.2, 0.25) is 0 Å². The smallest absolute Gasteiger partial charge is 0.148 e. The zero-order valence-electron chi connectivity index (χ0n) is 11.9. The number of rotatable bonds is 7. The van der Waals surface area contributed by atoms with Crippen molar-refractivity contribution in [3.05, 3.63) is 0 Å². The van der Waals surface area contributed by atoms with Crippen molar-refractivity contribution in [1.82, 2.24) is 15.1 Å². The maximum atomic E-state index is 10.9. The maximum Gasteiger partial charge on any atom is 0.148 e. The normalized spacial score (nSPS) is 19.6. The zero-order chi connectivity index (χ0) is 13.6. The summed E-state index contributed by atoms with van der Waals surface area (Å²) in [5, 5.41) is 3.19. The van der Waals surface area contributed by atoms with E-state index >= 15 is 0 Å². The predicted octanol–water partition coefficient (Wildman–Crippen LogP) is -0.353. The second kappa shape index (κ2) is 7.43. The van der Waals surface area contributed by atoms with Crippen molar-refractivity contribution < 1.29 is 8.42 Å². The number of sulfone groups is 1. The van der Waals surface area contributed by atoms with Crippen LogP contribution < -0.4 is 5.32 Å². The van der Waals surface area contributed by atoms with E-state index in [1.807, 2.05) is 0 Å². The number of nitrogens with one attached hydrogen (secondary N) is 1. The van der Waals surface area contributed by atoms with E-state index in [2.05, 4.69) is 29.0 Å². The monoisotopic (exact) mass is 277 g/mol. The Morgan fingerprint density at radius 3 is 2.22 bits per heavy atom. The minimum Gasteiger partial charge on any atom is -0.314 e. The summed E-state index contributed by atoms with van der Waals surface area (Å²) in [4.78, 5) is 4.93. The Bertz CT molecular complexity index is 322. The van der Waals surface area contributed by atoms with E-state index in [4.69, 9.17) is 0 Å². The highest BCUT2D eigenvalue weighted by atomic mass is 32.2. The fraction of sp³-hybridized carbons (Fsp3) is 1.00. The van der Waals surface area contributed by atoms with Crippen molar-refractivity contribution in [2.24, 2.45) is 0 Å². The van der Waals surface area contributed by atoms with Crippen LogP contribution in [0, 0.1) is 0 Å². The molecule has 0 aromatic rings. The fourth-order valence-corrected chi connectivity index (χ4v) is 2.64. The molecule has 1 saturated heterocycles. The molecule has 6 heteroatoms. The molecule has 0 atom stereocenters. The van der Waals surface area contributed by atoms with E-state index in [0.29, 0.717) is 12.6 Å². The average Bonchev–Trinajstić information content (AvgIpc) is 2.27. The SMILES string of the molecule is CC(C)N1CCN(CCNCCS(C)(=O)=O)CC1. The molecule has 0 aliphatic carbocycles. The summed E-state index contributed by atoms with van der Waals surface area (Å²) >= 11 is 0. The van der Waals surface area contributed by atoms with Gasteiger partial charge in [-0.05, 0) is 13.8 Å². The summed E-state index contributed by atoms with van der Waals surface area (Å²) in [7, 11) is -2.83. The van der Waals surface area contributed by atoms with Crippen molar-refractivity contribution in [3.8, 4) is 0 Å². The van der Waals surface area contributed by atoms with Crippen LogP contribution in [0.4, 0.5) is 0 Å². The van der Waals surface area contributed by atoms with Gasteiger partial charge in [-0.1, -0.05) is 0 Å². The molecule has 1 heterocycles. The fourth-order valence-electron chi connectivity index (χ4n) is 2.12. The van der Waals surface area contributed by atoms with Crippen LogP contribution >= 0.6 is 0 Å². The van der Waals surface area contributed by atoms with Crippen LogP contribution in [-0.4, -0.2) is 82.1 Å². The molecule has 5 nitrogen and oxygen atoms in total. The van der Waals surface area contributed by atoms with E-state index in [1.54, 1.807) is 0 Å². The van der Waals surface area contributed by atoms with Crippen molar-refractivity contribution in [1.29, 1.82) is 0 Å². The molecular weight excluding hydrogens is 250 g/mol. The van der Waals surface area contributed by atoms with Gasteiger partial charge in [-0.25, -0.2) is 8.42 Å². The molecule has 18 heavy (non-hydrogen) atoms. The van der Waals surface area contributed by atoms with Gasteiger partial charge in [0.15, 0.2) is 0 Å². The molecule has 0 aromatic heterocycles. The molecule has 0 unspecified atom stereocenters. The van der Waals surface area contributed by atoms with Gasteiger partial charge >= 0.3 is 0 Å². The third kappa shape index (κ3) is 6.68. The van der Waals surface area contributed by atoms with E-state index in [1.165, 1.54) is 6.26 Å². The highest BCUT2D eigenvalue weighted by Gasteiger charge is 2.17. The molecule has 0 spiro atoms. The van der Waals surface area contributed by atoms with Gasteiger partial charge in [-0.2, -0.15) is 0 Å². The molecule has 1 fully saturated rings. The molecule has 1 N–H and O–H groups in total. The first-order valence-electron chi connectivity index (χ1n) is 6.73. The van der Waals surface area contributed by atoms with Crippen molar-refractivity contribution in [3.63, 3.8) is 0 Å². The first-order valence-corrected chi connectivity index (χ1v) is 8.79. The van der Waals surface area contributed by atoms with Gasteiger partial charge in [-0.15, -0.1) is 0 Å². The van der Waals surface area contributed by atoms with Crippen LogP contribution in [-0.2, 0) is 9.84 Å². The molecule has 0 bridgehead atoms. The second-order valence-corrected chi connectivity index (χ2v) is 7.61. The molecule has 1 aliphatic rings. The Morgan fingerprint density at radius 2 is 1.72 bits per heavy atom. The molecule has 0 radical (unpaired) electrons. The highest BCUT2D eigenvalue weighted by Crippen LogP contribution is 2.04. The summed E-state index contributed by atoms with van der Waals surface area (Å²) in [6.07, 6.45) is 1.28. The van der Waals surface area contributed by atoms with Crippen molar-refractivity contribution in [2.45, 2.75) is 19.9 Å². The first-order chi connectivity index (χ1) is 8.38. The van der Waals surface area contributed by atoms with Gasteiger partial charge in [0.05, 0.1) is 5.75 Å². The topological polar surface area (TPSA) is 52.6 Å². The first kappa shape index (κ1) is 15.9. The third-order valence-electron chi connectivity index (χ3n) is 3.39. The molecule has 0 aromatic carbocycles. The summed E-state index contributed by atoms with van der Waals surface area (Å²) in [6.45, 7) is 11.4. The van der Waals surface area contributed by atoms with Crippen LogP contribution in [0.3, 0.4) is 0 Å². The van der Waals surface area contributed by atoms with E-state index in [9.17, 15) is 8.42 Å². The number of hydrogen-bond donors (Lipinski definition) is 1. The van der Waals surface area contributed by atoms with Crippen molar-refractivity contribution in [2.75, 3.05) is 57.8 Å². The van der Waals surface area contributed by atoms with E-state index in [0.717, 1.165) is 39.3 Å². The Labute approximate surface area is 111 Å². The van der Waals surface area contributed by atoms with Crippen LogP contribution in [0.5, 0.6) is 0 Å². The molecule has 0 saturated carbocycles. The third-order valence-corrected chi connectivity index (χ3v) is 4.34. The van der Waals surface area contributed by atoms with Crippen molar-refractivity contribution >= 4 is 9.84 Å². The molecule has 1 aliphatic heterocycles. The summed E-state index contributed by atoms with van der Waals surface area (Å²) in [5.41, 5.74) is 0. The van der Waals surface area contributed by atoms with Crippen LogP contribution in [0.1, 0.15) is 13.8 Å². The minimum atomic E-state index is -2.83. The number of hydrogen-bond acceptors (Lipinski definition) is 5. The highest BCUT2D eigenvalue weighted by molar-refractivity contribution is 7.90. The number of nitrogens with zero attached hydrogens (tertiary/aromatic N) is 2. The van der Waals surface area contributed by atoms with Gasteiger partial charge < -0.3 is 5.32 Å². The Hall–Kier alpha value is -0.170. The minimum absolute atomic E-state index is 0.230. The number of piperazine rings is 1. The van der Waals surface area contributed by atoms with E-state index in [-0.39, 0.29) is 5.75 Å². The quantitative estimate of drug-likeness (QED) is 0.645. The van der Waals surface area contributed by atoms with Gasteiger partial charge in [0.25, 0.3) is 0 Å². The average molecular weight is 277 g/mol. The summed E-state index contributed by atoms with van der Waals surface area (Å²) in [5.74, 6) is 0.230. The van der Waals surface area contributed by atoms with Gasteiger partial charge in [0, 0.05) is 58.1 Å². The molecule has 1 rings (SSSR count). The molecule has 108 valence electrons. The Morgan fingerprint density at radius 1 is 1.11 bits per heavy atom. The Balaban J connectivity index is 2.04. The zero-order valence-corrected chi connectivity index (χ0v) is 12.7. The lowest BCUT2D eigenvalue weighted by molar-refractivity contribution is 0.109. The largest absolute Gasteiger partial charge is 0.314 e. The van der Waals surface area contributed by atoms with E-state index < -0.39 is 9.84 Å². The lowest BCUT2D eigenvalue weighted by Gasteiger charge is -2.36. The van der Waals surface area contributed by atoms with Crippen LogP contribution in [0.2, 0.25) is 0 Å². The standard InChI is InChI=1S/C12H27N3O2S/c1-12(2)15-9-7-14(8-10-15)6-4-13-5-11-18(3,16)17/h12-13H,4-11H2,1-3H3. The lowest BCUT2D eigenvalue weighted by atomic mass is 10.2. The second-order valence-electron chi connectivity index (χ2n) is 5.35. The van der Waals surface area contributed by atoms with Crippen LogP contribution in [0.25, 0.3) is 0 Å². The van der Waals surface area contributed by atoms with Gasteiger partial charge in [0.1, 0.15) is 9.84 Å². The lowest BCUT2D eigenvalue weighted by Crippen LogP contribution is -2.50. The molecular formula is C12H27N3O2S.